The Hall–Kier alpha value is -1.07. The lowest BCUT2D eigenvalue weighted by Crippen LogP contribution is -2.31. The molecule has 0 aliphatic rings. The molecule has 21 heavy (non-hydrogen) atoms. The van der Waals surface area contributed by atoms with Crippen molar-refractivity contribution in [3.63, 3.8) is 0 Å². The highest BCUT2D eigenvalue weighted by Gasteiger charge is 2.20. The molecule has 0 amide bonds. The van der Waals surface area contributed by atoms with Gasteiger partial charge in [0.05, 0.1) is 17.8 Å². The van der Waals surface area contributed by atoms with Crippen LogP contribution in [0.25, 0.3) is 0 Å². The first-order valence-corrected chi connectivity index (χ1v) is 7.86. The van der Waals surface area contributed by atoms with E-state index in [0.29, 0.717) is 12.2 Å². The van der Waals surface area contributed by atoms with Crippen LogP contribution in [-0.2, 0) is 9.47 Å². The number of benzene rings is 1. The monoisotopic (exact) mass is 357 g/mol. The summed E-state index contributed by atoms with van der Waals surface area (Å²) in [5, 5.41) is 3.42. The third-order valence-corrected chi connectivity index (χ3v) is 3.89. The lowest BCUT2D eigenvalue weighted by Gasteiger charge is -2.28. The van der Waals surface area contributed by atoms with Gasteiger partial charge in [0.2, 0.25) is 0 Å². The van der Waals surface area contributed by atoms with E-state index in [0.717, 1.165) is 16.6 Å². The molecular formula is C16H24BrNO3. The molecule has 0 aromatic heterocycles. The number of nitrogens with one attached hydrogen (secondary N) is 1. The molecule has 0 bridgehead atoms. The first-order chi connectivity index (χ1) is 9.79. The minimum absolute atomic E-state index is 0.177. The third kappa shape index (κ3) is 5.67. The van der Waals surface area contributed by atoms with Crippen LogP contribution >= 0.6 is 15.9 Å². The molecule has 4 nitrogen and oxygen atoms in total. The number of methoxy groups -OCH3 is 1. The molecule has 1 atom stereocenters. The molecule has 0 spiro atoms. The fourth-order valence-corrected chi connectivity index (χ4v) is 2.60. The Bertz CT molecular complexity index is 488. The number of anilines is 1. The molecule has 0 aliphatic heterocycles. The highest BCUT2D eigenvalue weighted by atomic mass is 79.9. The number of rotatable bonds is 7. The maximum absolute atomic E-state index is 11.7. The van der Waals surface area contributed by atoms with Gasteiger partial charge in [-0.2, -0.15) is 0 Å². The molecule has 1 aromatic rings. The van der Waals surface area contributed by atoms with Gasteiger partial charge in [-0.1, -0.05) is 0 Å². The van der Waals surface area contributed by atoms with Crippen LogP contribution in [-0.4, -0.2) is 31.3 Å². The van der Waals surface area contributed by atoms with Gasteiger partial charge < -0.3 is 14.8 Å². The Morgan fingerprint density at radius 1 is 1.43 bits per heavy atom. The summed E-state index contributed by atoms with van der Waals surface area (Å²) < 4.78 is 11.3. The summed E-state index contributed by atoms with van der Waals surface area (Å²) in [7, 11) is 1.72. The largest absolute Gasteiger partial charge is 0.462 e. The van der Waals surface area contributed by atoms with E-state index in [4.69, 9.17) is 9.47 Å². The summed E-state index contributed by atoms with van der Waals surface area (Å²) in [6, 6.07) is 5.66. The zero-order chi connectivity index (χ0) is 16.0. The first kappa shape index (κ1) is 18.0. The third-order valence-electron chi connectivity index (χ3n) is 3.23. The van der Waals surface area contributed by atoms with Crippen LogP contribution in [0.4, 0.5) is 5.69 Å². The molecule has 0 aliphatic carbocycles. The highest BCUT2D eigenvalue weighted by Crippen LogP contribution is 2.26. The Morgan fingerprint density at radius 2 is 2.10 bits per heavy atom. The van der Waals surface area contributed by atoms with Gasteiger partial charge in [0.25, 0.3) is 0 Å². The molecule has 0 saturated carbocycles. The summed E-state index contributed by atoms with van der Waals surface area (Å²) in [6.45, 7) is 8.39. The summed E-state index contributed by atoms with van der Waals surface area (Å²) in [4.78, 5) is 11.7. The van der Waals surface area contributed by atoms with Crippen molar-refractivity contribution in [3.05, 3.63) is 28.2 Å². The van der Waals surface area contributed by atoms with Crippen molar-refractivity contribution in [1.29, 1.82) is 0 Å². The van der Waals surface area contributed by atoms with E-state index in [-0.39, 0.29) is 17.6 Å². The van der Waals surface area contributed by atoms with E-state index in [1.54, 1.807) is 26.2 Å². The van der Waals surface area contributed by atoms with Crippen molar-refractivity contribution in [1.82, 2.24) is 0 Å². The fraction of sp³-hybridized carbons (Fsp3) is 0.562. The number of hydrogen-bond donors (Lipinski definition) is 1. The molecule has 0 radical (unpaired) electrons. The number of halogens is 1. The van der Waals surface area contributed by atoms with Crippen LogP contribution in [0.15, 0.2) is 22.7 Å². The lowest BCUT2D eigenvalue weighted by atomic mass is 9.99. The number of carbonyl (C=O) groups is 1. The molecule has 0 heterocycles. The van der Waals surface area contributed by atoms with E-state index in [1.165, 1.54) is 0 Å². The van der Waals surface area contributed by atoms with Gasteiger partial charge in [-0.3, -0.25) is 0 Å². The number of ether oxygens (including phenoxy) is 2. The zero-order valence-electron chi connectivity index (χ0n) is 13.3. The van der Waals surface area contributed by atoms with Gasteiger partial charge >= 0.3 is 5.97 Å². The van der Waals surface area contributed by atoms with Gasteiger partial charge in [0, 0.05) is 23.3 Å². The topological polar surface area (TPSA) is 47.6 Å². The van der Waals surface area contributed by atoms with Crippen LogP contribution in [0.3, 0.4) is 0 Å². The second kappa shape index (κ2) is 7.80. The van der Waals surface area contributed by atoms with Gasteiger partial charge in [-0.15, -0.1) is 0 Å². The van der Waals surface area contributed by atoms with Crippen LogP contribution in [0.5, 0.6) is 0 Å². The number of esters is 1. The average molecular weight is 358 g/mol. The number of carbonyl (C=O) groups excluding carboxylic acids is 1. The van der Waals surface area contributed by atoms with Gasteiger partial charge in [-0.25, -0.2) is 4.79 Å². The molecule has 1 rings (SSSR count). The molecule has 5 heteroatoms. The van der Waals surface area contributed by atoms with Gasteiger partial charge in [0.15, 0.2) is 0 Å². The van der Waals surface area contributed by atoms with Crippen molar-refractivity contribution in [2.24, 2.45) is 0 Å². The van der Waals surface area contributed by atoms with Gasteiger partial charge in [0.1, 0.15) is 0 Å². The Balaban J connectivity index is 2.75. The fourth-order valence-electron chi connectivity index (χ4n) is 2.11. The Labute approximate surface area is 135 Å². The minimum atomic E-state index is -0.307. The zero-order valence-corrected chi connectivity index (χ0v) is 14.9. The molecule has 0 saturated heterocycles. The quantitative estimate of drug-likeness (QED) is 0.741. The van der Waals surface area contributed by atoms with Crippen molar-refractivity contribution >= 4 is 27.6 Å². The average Bonchev–Trinajstić information content (AvgIpc) is 2.40. The van der Waals surface area contributed by atoms with E-state index in [9.17, 15) is 4.79 Å². The summed E-state index contributed by atoms with van der Waals surface area (Å²) in [5.74, 6) is -0.307. The minimum Gasteiger partial charge on any atom is -0.462 e. The molecule has 1 N–H and O–H groups in total. The Morgan fingerprint density at radius 3 is 2.62 bits per heavy atom. The summed E-state index contributed by atoms with van der Waals surface area (Å²) in [6.07, 6.45) is 0.871. The van der Waals surface area contributed by atoms with Crippen molar-refractivity contribution in [3.8, 4) is 0 Å². The normalized spacial score (nSPS) is 12.9. The SMILES string of the molecule is CCOC(=O)c1ccc(NC(C)CC(C)(C)OC)c(Br)c1. The van der Waals surface area contributed by atoms with Crippen molar-refractivity contribution < 1.29 is 14.3 Å². The van der Waals surface area contributed by atoms with Crippen molar-refractivity contribution in [2.75, 3.05) is 19.0 Å². The van der Waals surface area contributed by atoms with Gasteiger partial charge in [-0.05, 0) is 68.2 Å². The van der Waals surface area contributed by atoms with Crippen molar-refractivity contribution in [2.45, 2.75) is 45.8 Å². The van der Waals surface area contributed by atoms with E-state index in [2.05, 4.69) is 42.0 Å². The van der Waals surface area contributed by atoms with E-state index < -0.39 is 0 Å². The molecule has 118 valence electrons. The standard InChI is InChI=1S/C16H24BrNO3/c1-6-21-15(19)12-7-8-14(13(17)9-12)18-11(2)10-16(3,4)20-5/h7-9,11,18H,6,10H2,1-5H3. The first-order valence-electron chi connectivity index (χ1n) is 7.07. The van der Waals surface area contributed by atoms with Crippen LogP contribution < -0.4 is 5.32 Å². The van der Waals surface area contributed by atoms with E-state index in [1.807, 2.05) is 6.07 Å². The van der Waals surface area contributed by atoms with E-state index >= 15 is 0 Å². The predicted molar refractivity (Wildman–Crippen MR) is 88.9 cm³/mol. The molecule has 0 fully saturated rings. The van der Waals surface area contributed by atoms with Crippen LogP contribution in [0, 0.1) is 0 Å². The highest BCUT2D eigenvalue weighted by molar-refractivity contribution is 9.10. The Kier molecular flexibility index (Phi) is 6.68. The lowest BCUT2D eigenvalue weighted by molar-refractivity contribution is 0.0128. The van der Waals surface area contributed by atoms with Crippen LogP contribution in [0.2, 0.25) is 0 Å². The second-order valence-electron chi connectivity index (χ2n) is 5.63. The predicted octanol–water partition coefficient (Wildman–Crippen LogP) is 4.24. The van der Waals surface area contributed by atoms with Crippen LogP contribution in [0.1, 0.15) is 44.5 Å². The summed E-state index contributed by atoms with van der Waals surface area (Å²) >= 11 is 3.49. The maximum atomic E-state index is 11.7. The maximum Gasteiger partial charge on any atom is 0.338 e. The molecular weight excluding hydrogens is 334 g/mol. The second-order valence-corrected chi connectivity index (χ2v) is 6.48. The smallest absolute Gasteiger partial charge is 0.338 e. The summed E-state index contributed by atoms with van der Waals surface area (Å²) in [5.41, 5.74) is 1.31. The molecule has 1 aromatic carbocycles. The molecule has 1 unspecified atom stereocenters. The number of hydrogen-bond acceptors (Lipinski definition) is 4.